The van der Waals surface area contributed by atoms with E-state index in [1.54, 1.807) is 13.8 Å². The number of rotatable bonds is 7. The largest absolute Gasteiger partial charge is 0.467 e. The lowest BCUT2D eigenvalue weighted by molar-refractivity contribution is -0.144. The van der Waals surface area contributed by atoms with Gasteiger partial charge in [0.05, 0.1) is 7.11 Å². The zero-order valence-electron chi connectivity index (χ0n) is 15.9. The topological polar surface area (TPSA) is 126 Å². The van der Waals surface area contributed by atoms with E-state index in [9.17, 15) is 19.2 Å². The highest BCUT2D eigenvalue weighted by molar-refractivity contribution is 5.89. The molecule has 2 atom stereocenters. The first-order valence-corrected chi connectivity index (χ1v) is 8.49. The molecule has 0 fully saturated rings. The summed E-state index contributed by atoms with van der Waals surface area (Å²) in [4.78, 5) is 47.3. The van der Waals surface area contributed by atoms with Crippen molar-refractivity contribution >= 4 is 23.8 Å². The van der Waals surface area contributed by atoms with Gasteiger partial charge in [0, 0.05) is 13.3 Å². The molecule has 0 spiro atoms. The highest BCUT2D eigenvalue weighted by atomic mass is 16.5. The lowest BCUT2D eigenvalue weighted by Gasteiger charge is -2.21. The molecule has 9 nitrogen and oxygen atoms in total. The standard InChI is InChI=1S/C18H26N4O5/c1-11(2)15(17(25)27-4)20-18(26)22-21-16(24)14(19-12(3)23)10-13-8-6-5-7-9-13/h5-9,11,14-15H,10H2,1-4H3,(H,19,23)(H,21,24)(H2,20,22,26)/t14-,15-/m0/s1. The Morgan fingerprint density at radius 2 is 1.63 bits per heavy atom. The Hall–Kier alpha value is -3.10. The van der Waals surface area contributed by atoms with Crippen LogP contribution in [0.25, 0.3) is 0 Å². The van der Waals surface area contributed by atoms with Crippen LogP contribution in [0.2, 0.25) is 0 Å². The second-order valence-electron chi connectivity index (χ2n) is 6.28. The maximum atomic E-state index is 12.3. The molecule has 0 aliphatic heterocycles. The SMILES string of the molecule is COC(=O)[C@@H](NC(=O)NNC(=O)[C@H](Cc1ccccc1)NC(C)=O)C(C)C. The number of urea groups is 1. The predicted octanol–water partition coefficient (Wildman–Crippen LogP) is 0.262. The molecule has 4 amide bonds. The maximum Gasteiger partial charge on any atom is 0.334 e. The summed E-state index contributed by atoms with van der Waals surface area (Å²) in [5.41, 5.74) is 5.27. The summed E-state index contributed by atoms with van der Waals surface area (Å²) in [6.07, 6.45) is 0.256. The number of hydrogen-bond acceptors (Lipinski definition) is 5. The highest BCUT2D eigenvalue weighted by Crippen LogP contribution is 2.04. The molecule has 1 aromatic rings. The van der Waals surface area contributed by atoms with Gasteiger partial charge >= 0.3 is 12.0 Å². The van der Waals surface area contributed by atoms with Crippen molar-refractivity contribution in [3.05, 3.63) is 35.9 Å². The van der Waals surface area contributed by atoms with Crippen molar-refractivity contribution < 1.29 is 23.9 Å². The molecule has 0 saturated heterocycles. The van der Waals surface area contributed by atoms with Crippen molar-refractivity contribution in [1.29, 1.82) is 0 Å². The highest BCUT2D eigenvalue weighted by Gasteiger charge is 2.26. The fourth-order valence-electron chi connectivity index (χ4n) is 2.31. The summed E-state index contributed by atoms with van der Waals surface area (Å²) in [5, 5.41) is 4.97. The van der Waals surface area contributed by atoms with Crippen LogP contribution in [-0.4, -0.2) is 43.0 Å². The molecular weight excluding hydrogens is 352 g/mol. The lowest BCUT2D eigenvalue weighted by atomic mass is 10.1. The molecule has 0 aromatic heterocycles. The minimum absolute atomic E-state index is 0.205. The Morgan fingerprint density at radius 1 is 1.00 bits per heavy atom. The van der Waals surface area contributed by atoms with E-state index < -0.39 is 30.0 Å². The molecular formula is C18H26N4O5. The van der Waals surface area contributed by atoms with Gasteiger partial charge in [-0.2, -0.15) is 0 Å². The minimum Gasteiger partial charge on any atom is -0.467 e. The molecule has 0 unspecified atom stereocenters. The van der Waals surface area contributed by atoms with Gasteiger partial charge < -0.3 is 15.4 Å². The molecule has 1 rings (SSSR count). The third-order valence-corrected chi connectivity index (χ3v) is 3.68. The van der Waals surface area contributed by atoms with Crippen LogP contribution in [0.15, 0.2) is 30.3 Å². The number of methoxy groups -OCH3 is 1. The molecule has 0 radical (unpaired) electrons. The van der Waals surface area contributed by atoms with Gasteiger partial charge in [0.25, 0.3) is 5.91 Å². The molecule has 4 N–H and O–H groups in total. The van der Waals surface area contributed by atoms with Crippen molar-refractivity contribution in [3.63, 3.8) is 0 Å². The first kappa shape index (κ1) is 21.9. The van der Waals surface area contributed by atoms with E-state index in [1.807, 2.05) is 30.3 Å². The van der Waals surface area contributed by atoms with Gasteiger partial charge in [-0.05, 0) is 11.5 Å². The van der Waals surface area contributed by atoms with Crippen molar-refractivity contribution in [2.45, 2.75) is 39.3 Å². The van der Waals surface area contributed by atoms with Crippen molar-refractivity contribution in [2.24, 2.45) is 5.92 Å². The first-order chi connectivity index (χ1) is 12.7. The summed E-state index contributed by atoms with van der Waals surface area (Å²) in [6, 6.07) is 6.64. The molecule has 27 heavy (non-hydrogen) atoms. The zero-order valence-corrected chi connectivity index (χ0v) is 15.9. The Bertz CT molecular complexity index is 663. The molecule has 0 heterocycles. The van der Waals surface area contributed by atoms with Crippen LogP contribution in [0.3, 0.4) is 0 Å². The number of hydrazine groups is 1. The van der Waals surface area contributed by atoms with E-state index >= 15 is 0 Å². The summed E-state index contributed by atoms with van der Waals surface area (Å²) in [6.45, 7) is 4.79. The number of benzene rings is 1. The normalized spacial score (nSPS) is 12.5. The smallest absolute Gasteiger partial charge is 0.334 e. The zero-order chi connectivity index (χ0) is 20.4. The Morgan fingerprint density at radius 3 is 2.15 bits per heavy atom. The summed E-state index contributed by atoms with van der Waals surface area (Å²) in [7, 11) is 1.22. The average Bonchev–Trinajstić information content (AvgIpc) is 2.63. The van der Waals surface area contributed by atoms with E-state index in [2.05, 4.69) is 26.2 Å². The molecule has 0 aliphatic carbocycles. The van der Waals surface area contributed by atoms with E-state index in [-0.39, 0.29) is 18.2 Å². The predicted molar refractivity (Wildman–Crippen MR) is 98.2 cm³/mol. The number of nitrogens with one attached hydrogen (secondary N) is 4. The fourth-order valence-corrected chi connectivity index (χ4v) is 2.31. The number of amides is 4. The van der Waals surface area contributed by atoms with E-state index in [0.717, 1.165) is 5.56 Å². The van der Waals surface area contributed by atoms with Crippen LogP contribution < -0.4 is 21.5 Å². The average molecular weight is 378 g/mol. The van der Waals surface area contributed by atoms with Gasteiger partial charge in [-0.15, -0.1) is 0 Å². The van der Waals surface area contributed by atoms with Gasteiger partial charge in [-0.25, -0.2) is 15.0 Å². The van der Waals surface area contributed by atoms with Crippen LogP contribution in [0.1, 0.15) is 26.3 Å². The van der Waals surface area contributed by atoms with Crippen LogP contribution in [0, 0.1) is 5.92 Å². The van der Waals surface area contributed by atoms with Gasteiger partial charge in [0.2, 0.25) is 5.91 Å². The summed E-state index contributed by atoms with van der Waals surface area (Å²) >= 11 is 0. The number of ether oxygens (including phenoxy) is 1. The van der Waals surface area contributed by atoms with E-state index in [0.29, 0.717) is 0 Å². The molecule has 0 aliphatic rings. The minimum atomic E-state index is -0.869. The quantitative estimate of drug-likeness (QED) is 0.400. The monoisotopic (exact) mass is 378 g/mol. The molecule has 148 valence electrons. The van der Waals surface area contributed by atoms with Crippen molar-refractivity contribution in [3.8, 4) is 0 Å². The van der Waals surface area contributed by atoms with Gasteiger partial charge in [0.15, 0.2) is 0 Å². The fraction of sp³-hybridized carbons (Fsp3) is 0.444. The Labute approximate surface area is 158 Å². The van der Waals surface area contributed by atoms with E-state index in [1.165, 1.54) is 14.0 Å². The molecule has 0 saturated carbocycles. The second-order valence-corrected chi connectivity index (χ2v) is 6.28. The number of carbonyl (C=O) groups is 4. The van der Waals surface area contributed by atoms with Crippen molar-refractivity contribution in [1.82, 2.24) is 21.5 Å². The van der Waals surface area contributed by atoms with Crippen LogP contribution >= 0.6 is 0 Å². The maximum absolute atomic E-state index is 12.3. The number of hydrogen-bond donors (Lipinski definition) is 4. The van der Waals surface area contributed by atoms with Crippen LogP contribution in [-0.2, 0) is 25.5 Å². The van der Waals surface area contributed by atoms with E-state index in [4.69, 9.17) is 0 Å². The van der Waals surface area contributed by atoms with Crippen molar-refractivity contribution in [2.75, 3.05) is 7.11 Å². The molecule has 1 aromatic carbocycles. The molecule has 9 heteroatoms. The number of carbonyl (C=O) groups excluding carboxylic acids is 4. The third-order valence-electron chi connectivity index (χ3n) is 3.68. The van der Waals surface area contributed by atoms with Gasteiger partial charge in [-0.3, -0.25) is 15.0 Å². The van der Waals surface area contributed by atoms with Crippen LogP contribution in [0.5, 0.6) is 0 Å². The van der Waals surface area contributed by atoms with Gasteiger partial charge in [-0.1, -0.05) is 44.2 Å². The first-order valence-electron chi connectivity index (χ1n) is 8.49. The summed E-state index contributed by atoms with van der Waals surface area (Å²) in [5.74, 6) is -1.76. The number of esters is 1. The van der Waals surface area contributed by atoms with Crippen LogP contribution in [0.4, 0.5) is 4.79 Å². The third kappa shape index (κ3) is 7.76. The lowest BCUT2D eigenvalue weighted by Crippen LogP contribution is -2.57. The Balaban J connectivity index is 2.65. The summed E-state index contributed by atoms with van der Waals surface area (Å²) < 4.78 is 4.63. The second kappa shape index (κ2) is 10.8. The Kier molecular flexibility index (Phi) is 8.77. The van der Waals surface area contributed by atoms with Gasteiger partial charge in [0.1, 0.15) is 12.1 Å². The molecule has 0 bridgehead atoms.